The fraction of sp³-hybridized carbons (Fsp3) is 0.150. The third-order valence-corrected chi connectivity index (χ3v) is 4.15. The van der Waals surface area contributed by atoms with E-state index in [1.165, 1.54) is 11.2 Å². The number of benzene rings is 1. The quantitative estimate of drug-likeness (QED) is 0.538. The van der Waals surface area contributed by atoms with Crippen molar-refractivity contribution in [2.45, 2.75) is 6.92 Å². The van der Waals surface area contributed by atoms with Gasteiger partial charge in [0.15, 0.2) is 5.76 Å². The van der Waals surface area contributed by atoms with Crippen molar-refractivity contribution >= 4 is 5.91 Å². The number of amides is 1. The van der Waals surface area contributed by atoms with Crippen LogP contribution in [-0.2, 0) is 0 Å². The van der Waals surface area contributed by atoms with E-state index >= 15 is 0 Å². The predicted molar refractivity (Wildman–Crippen MR) is 101 cm³/mol. The van der Waals surface area contributed by atoms with Gasteiger partial charge >= 0.3 is 0 Å². The van der Waals surface area contributed by atoms with Crippen molar-refractivity contribution in [1.29, 1.82) is 0 Å². The first-order valence-corrected chi connectivity index (χ1v) is 8.56. The van der Waals surface area contributed by atoms with Gasteiger partial charge in [-0.1, -0.05) is 12.1 Å². The summed E-state index contributed by atoms with van der Waals surface area (Å²) in [4.78, 5) is 22.6. The first-order valence-electron chi connectivity index (χ1n) is 8.56. The van der Waals surface area contributed by atoms with E-state index in [0.717, 1.165) is 5.56 Å². The zero-order valence-electron chi connectivity index (χ0n) is 15.6. The molecule has 0 fully saturated rings. The van der Waals surface area contributed by atoms with E-state index < -0.39 is 0 Å². The second-order valence-corrected chi connectivity index (χ2v) is 6.36. The van der Waals surface area contributed by atoms with Gasteiger partial charge in [0.1, 0.15) is 5.69 Å². The van der Waals surface area contributed by atoms with Crippen LogP contribution in [0.15, 0.2) is 57.7 Å². The Morgan fingerprint density at radius 3 is 2.46 bits per heavy atom. The van der Waals surface area contributed by atoms with E-state index in [2.05, 4.69) is 20.2 Å². The molecule has 3 aromatic heterocycles. The highest BCUT2D eigenvalue weighted by molar-refractivity contribution is 5.94. The number of aryl methyl sites for hydroxylation is 1. The highest BCUT2D eigenvalue weighted by Gasteiger charge is 2.17. The monoisotopic (exact) mass is 375 g/mol. The number of hydrogen-bond donors (Lipinski definition) is 0. The molecule has 1 amide bonds. The molecule has 140 valence electrons. The van der Waals surface area contributed by atoms with E-state index in [0.29, 0.717) is 28.4 Å². The number of rotatable bonds is 4. The lowest BCUT2D eigenvalue weighted by Gasteiger charge is -2.10. The van der Waals surface area contributed by atoms with Gasteiger partial charge in [-0.15, -0.1) is 10.2 Å². The minimum atomic E-state index is -0.0569. The third kappa shape index (κ3) is 3.27. The third-order valence-electron chi connectivity index (χ3n) is 4.15. The van der Waals surface area contributed by atoms with Crippen LogP contribution in [0.4, 0.5) is 0 Å². The molecule has 0 unspecified atom stereocenters. The minimum absolute atomic E-state index is 0.0569. The van der Waals surface area contributed by atoms with Gasteiger partial charge in [0.05, 0.1) is 23.8 Å². The molecule has 0 atom stereocenters. The van der Waals surface area contributed by atoms with Gasteiger partial charge in [0, 0.05) is 25.2 Å². The number of furan rings is 1. The standard InChI is InChI=1S/C20H17N5O3/c1-12-17(19-24-23-18(28-19)16-5-4-10-27-16)22-15(11-21-12)13-6-8-14(9-7-13)20(26)25(2)3/h4-11H,1-3H3. The first kappa shape index (κ1) is 17.6. The highest BCUT2D eigenvalue weighted by Crippen LogP contribution is 2.26. The predicted octanol–water partition coefficient (Wildman–Crippen LogP) is 3.46. The molecule has 28 heavy (non-hydrogen) atoms. The Hall–Kier alpha value is -3.81. The summed E-state index contributed by atoms with van der Waals surface area (Å²) in [6, 6.07) is 10.7. The fourth-order valence-electron chi connectivity index (χ4n) is 2.65. The number of nitrogens with zero attached hydrogens (tertiary/aromatic N) is 5. The van der Waals surface area contributed by atoms with Crippen molar-refractivity contribution in [1.82, 2.24) is 25.1 Å². The molecule has 0 spiro atoms. The molecule has 4 rings (SSSR count). The molecule has 8 heteroatoms. The van der Waals surface area contributed by atoms with E-state index in [-0.39, 0.29) is 17.7 Å². The summed E-state index contributed by atoms with van der Waals surface area (Å²) >= 11 is 0. The number of aromatic nitrogens is 4. The van der Waals surface area contributed by atoms with E-state index in [4.69, 9.17) is 8.83 Å². The first-order chi connectivity index (χ1) is 13.5. The molecule has 0 N–H and O–H groups in total. The van der Waals surface area contributed by atoms with Gasteiger partial charge in [0.2, 0.25) is 0 Å². The van der Waals surface area contributed by atoms with Crippen LogP contribution < -0.4 is 0 Å². The molecule has 8 nitrogen and oxygen atoms in total. The molecule has 0 aliphatic heterocycles. The van der Waals surface area contributed by atoms with E-state index in [9.17, 15) is 4.79 Å². The lowest BCUT2D eigenvalue weighted by Crippen LogP contribution is -2.21. The lowest BCUT2D eigenvalue weighted by atomic mass is 10.1. The van der Waals surface area contributed by atoms with Crippen LogP contribution >= 0.6 is 0 Å². The zero-order valence-corrected chi connectivity index (χ0v) is 15.6. The Balaban J connectivity index is 1.67. The Morgan fingerprint density at radius 2 is 1.79 bits per heavy atom. The Bertz CT molecular complexity index is 1120. The minimum Gasteiger partial charge on any atom is -0.459 e. The van der Waals surface area contributed by atoms with Crippen molar-refractivity contribution in [2.75, 3.05) is 14.1 Å². The molecule has 3 heterocycles. The summed E-state index contributed by atoms with van der Waals surface area (Å²) in [7, 11) is 3.44. The second kappa shape index (κ2) is 7.07. The maximum atomic E-state index is 12.0. The molecule has 1 aromatic carbocycles. The molecule has 0 saturated heterocycles. The summed E-state index contributed by atoms with van der Waals surface area (Å²) in [6.07, 6.45) is 3.21. The van der Waals surface area contributed by atoms with Crippen LogP contribution in [-0.4, -0.2) is 45.1 Å². The van der Waals surface area contributed by atoms with Gasteiger partial charge in [-0.05, 0) is 31.2 Å². The highest BCUT2D eigenvalue weighted by atomic mass is 16.4. The van der Waals surface area contributed by atoms with Gasteiger partial charge < -0.3 is 13.7 Å². The number of hydrogen-bond acceptors (Lipinski definition) is 7. The molecule has 4 aromatic rings. The molecule has 0 bridgehead atoms. The number of carbonyl (C=O) groups excluding carboxylic acids is 1. The van der Waals surface area contributed by atoms with Gasteiger partial charge in [-0.25, -0.2) is 4.98 Å². The Morgan fingerprint density at radius 1 is 1.04 bits per heavy atom. The van der Waals surface area contributed by atoms with Gasteiger partial charge in [-0.3, -0.25) is 9.78 Å². The van der Waals surface area contributed by atoms with Gasteiger partial charge in [-0.2, -0.15) is 0 Å². The van der Waals surface area contributed by atoms with Crippen LogP contribution in [0.1, 0.15) is 16.1 Å². The summed E-state index contributed by atoms with van der Waals surface area (Å²) in [5, 5.41) is 8.07. The molecular weight excluding hydrogens is 358 g/mol. The largest absolute Gasteiger partial charge is 0.459 e. The normalized spacial score (nSPS) is 10.8. The average molecular weight is 375 g/mol. The summed E-state index contributed by atoms with van der Waals surface area (Å²) < 4.78 is 11.0. The molecule has 0 aliphatic carbocycles. The summed E-state index contributed by atoms with van der Waals surface area (Å²) in [6.45, 7) is 1.82. The van der Waals surface area contributed by atoms with Gasteiger partial charge in [0.25, 0.3) is 17.7 Å². The van der Waals surface area contributed by atoms with Crippen LogP contribution in [0.5, 0.6) is 0 Å². The maximum Gasteiger partial charge on any atom is 0.283 e. The Kier molecular flexibility index (Phi) is 4.44. The van der Waals surface area contributed by atoms with Crippen LogP contribution in [0.3, 0.4) is 0 Å². The topological polar surface area (TPSA) is 98.2 Å². The average Bonchev–Trinajstić information content (AvgIpc) is 3.39. The van der Waals surface area contributed by atoms with Crippen molar-refractivity contribution < 1.29 is 13.6 Å². The second-order valence-electron chi connectivity index (χ2n) is 6.36. The number of carbonyl (C=O) groups is 1. The van der Waals surface area contributed by atoms with Crippen molar-refractivity contribution in [3.63, 3.8) is 0 Å². The summed E-state index contributed by atoms with van der Waals surface area (Å²) in [5.74, 6) is 0.969. The van der Waals surface area contributed by atoms with Crippen LogP contribution in [0.25, 0.3) is 34.5 Å². The SMILES string of the molecule is Cc1ncc(-c2ccc(C(=O)N(C)C)cc2)nc1-c1nnc(-c2ccco2)o1. The molecule has 0 saturated carbocycles. The van der Waals surface area contributed by atoms with E-state index in [1.807, 2.05) is 19.1 Å². The van der Waals surface area contributed by atoms with Crippen LogP contribution in [0, 0.1) is 6.92 Å². The van der Waals surface area contributed by atoms with Crippen molar-refractivity contribution in [2.24, 2.45) is 0 Å². The molecule has 0 radical (unpaired) electrons. The molecular formula is C20H17N5O3. The van der Waals surface area contributed by atoms with Crippen molar-refractivity contribution in [3.05, 3.63) is 60.1 Å². The smallest absolute Gasteiger partial charge is 0.283 e. The fourth-order valence-corrected chi connectivity index (χ4v) is 2.65. The maximum absolute atomic E-state index is 12.0. The Labute approximate surface area is 160 Å². The van der Waals surface area contributed by atoms with E-state index in [1.54, 1.807) is 44.6 Å². The lowest BCUT2D eigenvalue weighted by molar-refractivity contribution is 0.0827. The summed E-state index contributed by atoms with van der Waals surface area (Å²) in [5.41, 5.74) is 3.24. The van der Waals surface area contributed by atoms with Crippen molar-refractivity contribution in [3.8, 4) is 34.5 Å². The molecule has 0 aliphatic rings. The zero-order chi connectivity index (χ0) is 19.7. The van der Waals surface area contributed by atoms with Crippen LogP contribution in [0.2, 0.25) is 0 Å².